The van der Waals surface area contributed by atoms with Gasteiger partial charge in [0.25, 0.3) is 11.5 Å². The van der Waals surface area contributed by atoms with Gasteiger partial charge in [-0.2, -0.15) is 13.2 Å². The van der Waals surface area contributed by atoms with Crippen molar-refractivity contribution in [2.75, 3.05) is 18.4 Å². The van der Waals surface area contributed by atoms with Crippen molar-refractivity contribution >= 4 is 23.4 Å². The highest BCUT2D eigenvalue weighted by Crippen LogP contribution is 2.22. The smallest absolute Gasteiger partial charge is 0.394 e. The van der Waals surface area contributed by atoms with Gasteiger partial charge in [-0.15, -0.1) is 5.10 Å². The molecule has 12 nitrogen and oxygen atoms in total. The molecular formula is C28H31F4N7O5. The predicted octanol–water partition coefficient (Wildman–Crippen LogP) is 2.88. The van der Waals surface area contributed by atoms with Crippen molar-refractivity contribution in [1.29, 1.82) is 0 Å². The number of carbonyl (C=O) groups excluding carboxylic acids is 3. The Morgan fingerprint density at radius 2 is 1.89 bits per heavy atom. The number of pyridine rings is 1. The van der Waals surface area contributed by atoms with Crippen molar-refractivity contribution in [2.45, 2.75) is 64.5 Å². The molecule has 1 aliphatic rings. The second-order valence-electron chi connectivity index (χ2n) is 10.3. The summed E-state index contributed by atoms with van der Waals surface area (Å²) in [4.78, 5) is 50.8. The molecule has 44 heavy (non-hydrogen) atoms. The summed E-state index contributed by atoms with van der Waals surface area (Å²) in [6, 6.07) is 6.92. The van der Waals surface area contributed by atoms with Gasteiger partial charge in [-0.1, -0.05) is 17.3 Å². The molecule has 0 saturated carbocycles. The van der Waals surface area contributed by atoms with E-state index in [2.05, 4.69) is 25.7 Å². The van der Waals surface area contributed by atoms with Crippen LogP contribution in [0, 0.1) is 5.82 Å². The van der Waals surface area contributed by atoms with Gasteiger partial charge in [0.15, 0.2) is 5.69 Å². The second kappa shape index (κ2) is 14.1. The van der Waals surface area contributed by atoms with Gasteiger partial charge >= 0.3 is 17.9 Å². The number of hydrogen-bond acceptors (Lipinski definition) is 7. The number of carbonyl (C=O) groups is 3. The predicted molar refractivity (Wildman–Crippen MR) is 148 cm³/mol. The molecule has 2 N–H and O–H groups in total. The third-order valence-electron chi connectivity index (χ3n) is 6.68. The molecule has 1 saturated heterocycles. The van der Waals surface area contributed by atoms with Gasteiger partial charge in [0.2, 0.25) is 5.82 Å². The molecule has 0 bridgehead atoms. The van der Waals surface area contributed by atoms with Crippen molar-refractivity contribution < 1.29 is 36.7 Å². The average molecular weight is 622 g/mol. The summed E-state index contributed by atoms with van der Waals surface area (Å²) < 4.78 is 62.0. The Labute approximate surface area is 249 Å². The summed E-state index contributed by atoms with van der Waals surface area (Å²) in [5, 5.41) is 12.1. The van der Waals surface area contributed by atoms with Crippen LogP contribution in [0.5, 0.6) is 5.75 Å². The summed E-state index contributed by atoms with van der Waals surface area (Å²) in [5.74, 6) is -3.83. The number of aryl methyl sites for hydroxylation is 1. The standard InChI is InChI=1S/C28H31F4N7O5/c1-28(31,32)44-20-7-5-6-18(14-20)15-33-24(40)22-17-39(36-35-22)16-19(29)8-12-38-13-9-21(23(30)26(38)42)34-25(41)27(43)37-10-3-2-4-11-37/h5-7,9,13-14,17,19H,2-4,8,10-12,15-16H2,1H3,(H,33,40)(H,34,41). The Kier molecular flexibility index (Phi) is 10.3. The summed E-state index contributed by atoms with van der Waals surface area (Å²) in [5.41, 5.74) is -1.17. The lowest BCUT2D eigenvalue weighted by Crippen LogP contribution is -2.42. The normalized spacial score (nSPS) is 14.2. The van der Waals surface area contributed by atoms with Gasteiger partial charge in [-0.05, 0) is 49.4 Å². The molecule has 3 amide bonds. The van der Waals surface area contributed by atoms with Crippen LogP contribution in [0.1, 0.15) is 48.7 Å². The van der Waals surface area contributed by atoms with E-state index in [0.717, 1.165) is 34.6 Å². The SMILES string of the molecule is CC(F)(F)Oc1cccc(CNC(=O)c2cn(CC(F)CCn3ccc(NC(=O)C(=O)N4CCCCC4)c(F)c3=O)nn2)c1. The van der Waals surface area contributed by atoms with E-state index in [1.165, 1.54) is 35.5 Å². The first-order valence-corrected chi connectivity index (χ1v) is 13.9. The zero-order valence-corrected chi connectivity index (χ0v) is 23.8. The van der Waals surface area contributed by atoms with Crippen LogP contribution in [-0.2, 0) is 29.2 Å². The number of ether oxygens (including phenoxy) is 1. The minimum absolute atomic E-state index is 0.0214. The lowest BCUT2D eigenvalue weighted by Gasteiger charge is -2.25. The number of likely N-dealkylation sites (tertiary alicyclic amines) is 1. The minimum atomic E-state index is -3.36. The van der Waals surface area contributed by atoms with Crippen LogP contribution in [0.4, 0.5) is 23.2 Å². The fraction of sp³-hybridized carbons (Fsp3) is 0.429. The van der Waals surface area contributed by atoms with Crippen LogP contribution >= 0.6 is 0 Å². The van der Waals surface area contributed by atoms with Gasteiger partial charge < -0.3 is 24.8 Å². The van der Waals surface area contributed by atoms with E-state index in [-0.39, 0.29) is 37.5 Å². The number of anilines is 1. The first kappa shape index (κ1) is 32.2. The van der Waals surface area contributed by atoms with E-state index >= 15 is 0 Å². The third kappa shape index (κ3) is 8.87. The molecule has 0 radical (unpaired) electrons. The van der Waals surface area contributed by atoms with Gasteiger partial charge in [0, 0.05) is 39.3 Å². The summed E-state index contributed by atoms with van der Waals surface area (Å²) in [7, 11) is 0. The maximum atomic E-state index is 14.7. The first-order chi connectivity index (χ1) is 20.9. The van der Waals surface area contributed by atoms with E-state index in [0.29, 0.717) is 25.6 Å². The number of piperidine rings is 1. The van der Waals surface area contributed by atoms with E-state index in [4.69, 9.17) is 0 Å². The molecule has 0 spiro atoms. The lowest BCUT2D eigenvalue weighted by molar-refractivity contribution is -0.159. The molecule has 1 aromatic carbocycles. The maximum absolute atomic E-state index is 14.7. The third-order valence-corrected chi connectivity index (χ3v) is 6.68. The summed E-state index contributed by atoms with van der Waals surface area (Å²) >= 11 is 0. The molecule has 4 rings (SSSR count). The quantitative estimate of drug-likeness (QED) is 0.248. The number of halogens is 4. The zero-order valence-electron chi connectivity index (χ0n) is 23.8. The number of amides is 3. The Bertz CT molecular complexity index is 1550. The summed E-state index contributed by atoms with van der Waals surface area (Å²) in [6.45, 7) is 0.936. The van der Waals surface area contributed by atoms with Crippen molar-refractivity contribution in [1.82, 2.24) is 29.8 Å². The summed E-state index contributed by atoms with van der Waals surface area (Å²) in [6.07, 6.45) is -0.228. The van der Waals surface area contributed by atoms with Crippen LogP contribution < -0.4 is 20.9 Å². The number of aromatic nitrogens is 4. The molecule has 1 unspecified atom stereocenters. The van der Waals surface area contributed by atoms with Crippen molar-refractivity contribution in [2.24, 2.45) is 0 Å². The fourth-order valence-electron chi connectivity index (χ4n) is 4.50. The number of benzene rings is 1. The first-order valence-electron chi connectivity index (χ1n) is 13.9. The molecular weight excluding hydrogens is 590 g/mol. The molecule has 1 fully saturated rings. The zero-order chi connectivity index (χ0) is 31.9. The van der Waals surface area contributed by atoms with Crippen molar-refractivity contribution in [3.05, 3.63) is 70.2 Å². The minimum Gasteiger partial charge on any atom is -0.433 e. The highest BCUT2D eigenvalue weighted by molar-refractivity contribution is 6.39. The number of nitrogens with one attached hydrogen (secondary N) is 2. The van der Waals surface area contributed by atoms with Crippen molar-refractivity contribution in [3.63, 3.8) is 0 Å². The monoisotopic (exact) mass is 621 g/mol. The van der Waals surface area contributed by atoms with Gasteiger partial charge in [-0.3, -0.25) is 19.2 Å². The van der Waals surface area contributed by atoms with Crippen LogP contribution in [0.25, 0.3) is 0 Å². The molecule has 3 aromatic rings. The van der Waals surface area contributed by atoms with E-state index < -0.39 is 47.1 Å². The van der Waals surface area contributed by atoms with Crippen molar-refractivity contribution in [3.8, 4) is 5.75 Å². The van der Waals surface area contributed by atoms with Crippen LogP contribution in [0.2, 0.25) is 0 Å². The number of nitrogens with zero attached hydrogens (tertiary/aromatic N) is 5. The highest BCUT2D eigenvalue weighted by atomic mass is 19.3. The maximum Gasteiger partial charge on any atom is 0.394 e. The lowest BCUT2D eigenvalue weighted by atomic mass is 10.1. The molecule has 3 heterocycles. The van der Waals surface area contributed by atoms with Gasteiger partial charge in [-0.25, -0.2) is 9.07 Å². The second-order valence-corrected chi connectivity index (χ2v) is 10.3. The van der Waals surface area contributed by atoms with E-state index in [9.17, 15) is 36.7 Å². The van der Waals surface area contributed by atoms with Gasteiger partial charge in [0.1, 0.15) is 11.9 Å². The Morgan fingerprint density at radius 1 is 1.14 bits per heavy atom. The Hall–Kier alpha value is -4.76. The van der Waals surface area contributed by atoms with Crippen LogP contribution in [0.3, 0.4) is 0 Å². The molecule has 0 aliphatic carbocycles. The molecule has 236 valence electrons. The number of rotatable bonds is 11. The Balaban J connectivity index is 1.25. The molecule has 1 aliphatic heterocycles. The molecule has 1 atom stereocenters. The topological polar surface area (TPSA) is 140 Å². The fourth-order valence-corrected chi connectivity index (χ4v) is 4.50. The van der Waals surface area contributed by atoms with E-state index in [1.54, 1.807) is 6.07 Å². The van der Waals surface area contributed by atoms with Crippen LogP contribution in [0.15, 0.2) is 47.5 Å². The Morgan fingerprint density at radius 3 is 2.61 bits per heavy atom. The highest BCUT2D eigenvalue weighted by Gasteiger charge is 2.25. The van der Waals surface area contributed by atoms with Gasteiger partial charge in [0.05, 0.1) is 18.4 Å². The number of alkyl halides is 3. The largest absolute Gasteiger partial charge is 0.433 e. The molecule has 2 aromatic heterocycles. The number of hydrogen-bond donors (Lipinski definition) is 2. The molecule has 16 heteroatoms. The van der Waals surface area contributed by atoms with Crippen LogP contribution in [-0.4, -0.2) is 67.6 Å². The average Bonchev–Trinajstić information content (AvgIpc) is 3.45. The van der Waals surface area contributed by atoms with E-state index in [1.807, 2.05) is 0 Å².